The maximum Gasteiger partial charge on any atom is 0.225 e. The smallest absolute Gasteiger partial charge is 0.225 e. The van der Waals surface area contributed by atoms with Gasteiger partial charge in [0.2, 0.25) is 5.95 Å². The van der Waals surface area contributed by atoms with Gasteiger partial charge in [0.25, 0.3) is 0 Å². The lowest BCUT2D eigenvalue weighted by Gasteiger charge is -2.30. The summed E-state index contributed by atoms with van der Waals surface area (Å²) >= 11 is 5.18. The molecule has 6 heteroatoms. The van der Waals surface area contributed by atoms with E-state index in [1.807, 2.05) is 11.6 Å². The van der Waals surface area contributed by atoms with Crippen molar-refractivity contribution in [2.75, 3.05) is 31.6 Å². The Labute approximate surface area is 107 Å². The van der Waals surface area contributed by atoms with E-state index in [2.05, 4.69) is 34.0 Å². The molecule has 1 atom stereocenters. The number of aromatic nitrogens is 3. The summed E-state index contributed by atoms with van der Waals surface area (Å²) in [5.74, 6) is 0.970. The summed E-state index contributed by atoms with van der Waals surface area (Å²) in [6.45, 7) is 5.53. The second-order valence-electron chi connectivity index (χ2n) is 4.76. The molecule has 2 heterocycles. The van der Waals surface area contributed by atoms with Crippen LogP contribution in [0.2, 0.25) is 0 Å². The molecule has 1 aromatic rings. The minimum absolute atomic E-state index is 0.520. The van der Waals surface area contributed by atoms with Crippen LogP contribution in [0.4, 0.5) is 5.95 Å². The van der Waals surface area contributed by atoms with Gasteiger partial charge in [0.15, 0.2) is 4.77 Å². The van der Waals surface area contributed by atoms with Crippen molar-refractivity contribution in [1.82, 2.24) is 19.7 Å². The first kappa shape index (κ1) is 12.6. The lowest BCUT2D eigenvalue weighted by atomic mass is 10.2. The van der Waals surface area contributed by atoms with Gasteiger partial charge in [0, 0.05) is 26.2 Å². The van der Waals surface area contributed by atoms with E-state index in [1.165, 1.54) is 6.42 Å². The Morgan fingerprint density at radius 3 is 2.76 bits per heavy atom. The zero-order valence-electron chi connectivity index (χ0n) is 10.8. The van der Waals surface area contributed by atoms with Gasteiger partial charge in [-0.05, 0) is 38.7 Å². The topological polar surface area (TPSA) is 40.1 Å². The number of H-pyrrole nitrogens is 1. The molecule has 0 radical (unpaired) electrons. The zero-order chi connectivity index (χ0) is 12.4. The van der Waals surface area contributed by atoms with E-state index < -0.39 is 0 Å². The number of nitrogens with zero attached hydrogens (tertiary/aromatic N) is 4. The maximum atomic E-state index is 5.18. The van der Waals surface area contributed by atoms with Crippen LogP contribution in [0.15, 0.2) is 0 Å². The molecule has 0 saturated carbocycles. The van der Waals surface area contributed by atoms with Gasteiger partial charge in [-0.2, -0.15) is 0 Å². The van der Waals surface area contributed by atoms with E-state index in [-0.39, 0.29) is 0 Å². The maximum absolute atomic E-state index is 5.18. The molecule has 17 heavy (non-hydrogen) atoms. The summed E-state index contributed by atoms with van der Waals surface area (Å²) in [6, 6.07) is 0.520. The van der Waals surface area contributed by atoms with Gasteiger partial charge in [-0.25, -0.2) is 5.10 Å². The number of rotatable bonds is 2. The Bertz CT molecular complexity index is 424. The van der Waals surface area contributed by atoms with Crippen molar-refractivity contribution in [3.05, 3.63) is 4.77 Å². The fraction of sp³-hybridized carbons (Fsp3) is 0.818. The minimum Gasteiger partial charge on any atom is -0.337 e. The van der Waals surface area contributed by atoms with Crippen LogP contribution in [0.25, 0.3) is 0 Å². The Kier molecular flexibility index (Phi) is 3.83. The van der Waals surface area contributed by atoms with Crippen molar-refractivity contribution in [1.29, 1.82) is 0 Å². The first-order chi connectivity index (χ1) is 8.13. The monoisotopic (exact) mass is 255 g/mol. The van der Waals surface area contributed by atoms with Crippen molar-refractivity contribution in [2.24, 2.45) is 7.05 Å². The summed E-state index contributed by atoms with van der Waals surface area (Å²) < 4.78 is 2.65. The van der Waals surface area contributed by atoms with Crippen LogP contribution in [0.5, 0.6) is 0 Å². The van der Waals surface area contributed by atoms with Crippen LogP contribution in [0.3, 0.4) is 0 Å². The van der Waals surface area contributed by atoms with Gasteiger partial charge in [-0.1, -0.05) is 6.92 Å². The predicted octanol–water partition coefficient (Wildman–Crippen LogP) is 1.40. The van der Waals surface area contributed by atoms with Crippen LogP contribution in [0.1, 0.15) is 19.8 Å². The van der Waals surface area contributed by atoms with Crippen LogP contribution in [0, 0.1) is 4.77 Å². The molecule has 1 unspecified atom stereocenters. The average Bonchev–Trinajstić information content (AvgIpc) is 2.53. The van der Waals surface area contributed by atoms with Gasteiger partial charge in [0.1, 0.15) is 0 Å². The Morgan fingerprint density at radius 1 is 1.41 bits per heavy atom. The lowest BCUT2D eigenvalue weighted by molar-refractivity contribution is 0.327. The summed E-state index contributed by atoms with van der Waals surface area (Å²) in [4.78, 5) is 4.78. The van der Waals surface area contributed by atoms with Gasteiger partial charge < -0.3 is 9.80 Å². The second-order valence-corrected chi connectivity index (χ2v) is 5.15. The molecule has 0 aromatic carbocycles. The van der Waals surface area contributed by atoms with Crippen molar-refractivity contribution in [3.63, 3.8) is 0 Å². The molecule has 5 nitrogen and oxygen atoms in total. The molecular formula is C11H21N5S. The number of hydrogen-bond acceptors (Lipinski definition) is 4. The zero-order valence-corrected chi connectivity index (χ0v) is 11.6. The summed E-state index contributed by atoms with van der Waals surface area (Å²) in [5.41, 5.74) is 0. The quantitative estimate of drug-likeness (QED) is 0.811. The standard InChI is InChI=1S/C11H21N5S/c1-4-9-8-14(2)6-5-7-16(9)10-12-13-11(17)15(10)3/h9H,4-8H2,1-3H3,(H,13,17). The minimum atomic E-state index is 0.520. The number of aromatic amines is 1. The van der Waals surface area contributed by atoms with Crippen molar-refractivity contribution in [3.8, 4) is 0 Å². The van der Waals surface area contributed by atoms with Gasteiger partial charge in [-0.3, -0.25) is 4.57 Å². The van der Waals surface area contributed by atoms with E-state index >= 15 is 0 Å². The average molecular weight is 255 g/mol. The largest absolute Gasteiger partial charge is 0.337 e. The summed E-state index contributed by atoms with van der Waals surface area (Å²) in [6.07, 6.45) is 2.30. The van der Waals surface area contributed by atoms with Crippen molar-refractivity contribution < 1.29 is 0 Å². The highest BCUT2D eigenvalue weighted by molar-refractivity contribution is 7.71. The number of anilines is 1. The SMILES string of the molecule is CCC1CN(C)CCCN1c1n[nH]c(=S)n1C. The molecule has 0 spiro atoms. The van der Waals surface area contributed by atoms with E-state index in [1.54, 1.807) is 0 Å². The molecule has 1 saturated heterocycles. The lowest BCUT2D eigenvalue weighted by Crippen LogP contribution is -2.41. The number of hydrogen-bond donors (Lipinski definition) is 1. The third kappa shape index (κ3) is 2.52. The first-order valence-electron chi connectivity index (χ1n) is 6.20. The molecule has 1 aliphatic heterocycles. The van der Waals surface area contributed by atoms with Gasteiger partial charge in [0.05, 0.1) is 0 Å². The van der Waals surface area contributed by atoms with Crippen molar-refractivity contribution >= 4 is 18.2 Å². The van der Waals surface area contributed by atoms with E-state index in [4.69, 9.17) is 12.2 Å². The van der Waals surface area contributed by atoms with Crippen molar-refractivity contribution in [2.45, 2.75) is 25.8 Å². The fourth-order valence-electron chi connectivity index (χ4n) is 2.45. The molecule has 0 aliphatic carbocycles. The Balaban J connectivity index is 2.28. The molecule has 0 amide bonds. The van der Waals surface area contributed by atoms with Crippen LogP contribution in [-0.2, 0) is 7.05 Å². The highest BCUT2D eigenvalue weighted by Crippen LogP contribution is 2.19. The predicted molar refractivity (Wildman–Crippen MR) is 71.9 cm³/mol. The summed E-state index contributed by atoms with van der Waals surface area (Å²) in [7, 11) is 4.16. The molecule has 1 aliphatic rings. The molecule has 2 rings (SSSR count). The molecule has 1 N–H and O–H groups in total. The first-order valence-corrected chi connectivity index (χ1v) is 6.61. The van der Waals surface area contributed by atoms with Gasteiger partial charge in [-0.15, -0.1) is 5.10 Å². The number of nitrogens with one attached hydrogen (secondary N) is 1. The normalized spacial score (nSPS) is 22.8. The van der Waals surface area contributed by atoms with Crippen LogP contribution >= 0.6 is 12.2 Å². The highest BCUT2D eigenvalue weighted by atomic mass is 32.1. The van der Waals surface area contributed by atoms with Crippen LogP contribution in [-0.4, -0.2) is 52.4 Å². The van der Waals surface area contributed by atoms with E-state index in [9.17, 15) is 0 Å². The molecule has 1 fully saturated rings. The van der Waals surface area contributed by atoms with Gasteiger partial charge >= 0.3 is 0 Å². The number of likely N-dealkylation sites (N-methyl/N-ethyl adjacent to an activating group) is 1. The Morgan fingerprint density at radius 2 is 2.18 bits per heavy atom. The van der Waals surface area contributed by atoms with Crippen LogP contribution < -0.4 is 4.90 Å². The third-order valence-electron chi connectivity index (χ3n) is 3.49. The second kappa shape index (κ2) is 5.18. The molecule has 96 valence electrons. The molecular weight excluding hydrogens is 234 g/mol. The molecule has 1 aromatic heterocycles. The van der Waals surface area contributed by atoms with E-state index in [0.717, 1.165) is 32.0 Å². The Hall–Kier alpha value is -0.880. The summed E-state index contributed by atoms with van der Waals surface area (Å²) in [5, 5.41) is 7.23. The fourth-order valence-corrected chi connectivity index (χ4v) is 2.58. The highest BCUT2D eigenvalue weighted by Gasteiger charge is 2.25. The third-order valence-corrected chi connectivity index (χ3v) is 3.85. The molecule has 0 bridgehead atoms. The van der Waals surface area contributed by atoms with E-state index in [0.29, 0.717) is 10.8 Å².